The first-order chi connectivity index (χ1) is 6.83. The van der Waals surface area contributed by atoms with Gasteiger partial charge in [-0.05, 0) is 52.0 Å². The van der Waals surface area contributed by atoms with Crippen molar-refractivity contribution < 1.29 is 9.53 Å². The van der Waals surface area contributed by atoms with Gasteiger partial charge in [0.15, 0.2) is 0 Å². The highest BCUT2D eigenvalue weighted by molar-refractivity contribution is 5.65. The van der Waals surface area contributed by atoms with Crippen molar-refractivity contribution in [3.8, 4) is 0 Å². The zero-order valence-electron chi connectivity index (χ0n) is 9.93. The Labute approximate surface area is 91.5 Å². The Balaban J connectivity index is 0.000000150. The Kier molecular flexibility index (Phi) is 3.60. The van der Waals surface area contributed by atoms with Crippen LogP contribution in [0.2, 0.25) is 0 Å². The standard InChI is InChI=1S/C6H11N.C5H11NO2/c1-2-6(1)3-4-7-5-6;1-5(2,3)8-4(6)7/h7H,1-5H2;1-3H3,(H2,6,7). The molecule has 4 heteroatoms. The molecule has 0 unspecified atom stereocenters. The van der Waals surface area contributed by atoms with E-state index in [1.165, 1.54) is 32.4 Å². The SMILES string of the molecule is C1CC2(CC2)CN1.CC(C)(C)OC(N)=O. The molecule has 1 aliphatic carbocycles. The van der Waals surface area contributed by atoms with E-state index < -0.39 is 11.7 Å². The van der Waals surface area contributed by atoms with Crippen LogP contribution in [0, 0.1) is 5.41 Å². The molecule has 1 heterocycles. The van der Waals surface area contributed by atoms with E-state index in [0.29, 0.717) is 0 Å². The van der Waals surface area contributed by atoms with Gasteiger partial charge in [0, 0.05) is 6.54 Å². The lowest BCUT2D eigenvalue weighted by Gasteiger charge is -2.16. The van der Waals surface area contributed by atoms with Crippen LogP contribution in [0.25, 0.3) is 0 Å². The van der Waals surface area contributed by atoms with E-state index in [-0.39, 0.29) is 0 Å². The van der Waals surface area contributed by atoms with Gasteiger partial charge >= 0.3 is 6.09 Å². The lowest BCUT2D eigenvalue weighted by molar-refractivity contribution is 0.0600. The molecule has 1 aliphatic heterocycles. The fraction of sp³-hybridized carbons (Fsp3) is 0.909. The summed E-state index contributed by atoms with van der Waals surface area (Å²) in [5.74, 6) is 0. The lowest BCUT2D eigenvalue weighted by Crippen LogP contribution is -2.27. The van der Waals surface area contributed by atoms with Gasteiger partial charge in [0.2, 0.25) is 0 Å². The molecule has 0 atom stereocenters. The number of amides is 1. The Morgan fingerprint density at radius 3 is 2.07 bits per heavy atom. The van der Waals surface area contributed by atoms with Gasteiger partial charge < -0.3 is 15.8 Å². The average molecular weight is 214 g/mol. The molecule has 88 valence electrons. The largest absolute Gasteiger partial charge is 0.444 e. The smallest absolute Gasteiger partial charge is 0.405 e. The summed E-state index contributed by atoms with van der Waals surface area (Å²) < 4.78 is 4.58. The quantitative estimate of drug-likeness (QED) is 0.644. The number of carbonyl (C=O) groups is 1. The molecule has 0 bridgehead atoms. The number of carbonyl (C=O) groups excluding carboxylic acids is 1. The number of nitrogens with two attached hydrogens (primary N) is 1. The van der Waals surface area contributed by atoms with E-state index >= 15 is 0 Å². The molecule has 1 amide bonds. The zero-order chi connectivity index (χ0) is 11.5. The second kappa shape index (κ2) is 4.39. The van der Waals surface area contributed by atoms with Gasteiger partial charge in [0.05, 0.1) is 0 Å². The fourth-order valence-corrected chi connectivity index (χ4v) is 1.70. The molecule has 3 N–H and O–H groups in total. The van der Waals surface area contributed by atoms with Crippen LogP contribution >= 0.6 is 0 Å². The molecule has 1 saturated carbocycles. The monoisotopic (exact) mass is 214 g/mol. The van der Waals surface area contributed by atoms with Gasteiger partial charge in [-0.3, -0.25) is 0 Å². The number of hydrogen-bond acceptors (Lipinski definition) is 3. The molecule has 2 rings (SSSR count). The molecule has 2 aliphatic rings. The number of primary amides is 1. The van der Waals surface area contributed by atoms with E-state index in [1.807, 2.05) is 0 Å². The number of nitrogens with one attached hydrogen (secondary N) is 1. The van der Waals surface area contributed by atoms with Crippen LogP contribution in [0.4, 0.5) is 4.79 Å². The maximum absolute atomic E-state index is 10.0. The molecule has 2 fully saturated rings. The van der Waals surface area contributed by atoms with Gasteiger partial charge in [-0.2, -0.15) is 0 Å². The minimum absolute atomic E-state index is 0.453. The Bertz CT molecular complexity index is 221. The molecule has 1 saturated heterocycles. The molecule has 0 aromatic carbocycles. The number of rotatable bonds is 0. The summed E-state index contributed by atoms with van der Waals surface area (Å²) in [6.45, 7) is 7.88. The van der Waals surface area contributed by atoms with Gasteiger partial charge in [-0.25, -0.2) is 4.79 Å². The summed E-state index contributed by atoms with van der Waals surface area (Å²) in [6, 6.07) is 0. The molecule has 0 aromatic heterocycles. The van der Waals surface area contributed by atoms with Crippen LogP contribution in [0.1, 0.15) is 40.0 Å². The van der Waals surface area contributed by atoms with Crippen LogP contribution in [-0.2, 0) is 4.74 Å². The van der Waals surface area contributed by atoms with Crippen molar-refractivity contribution >= 4 is 6.09 Å². The summed E-state index contributed by atoms with van der Waals surface area (Å²) in [4.78, 5) is 10.0. The van der Waals surface area contributed by atoms with Gasteiger partial charge in [-0.15, -0.1) is 0 Å². The molecular weight excluding hydrogens is 192 g/mol. The minimum atomic E-state index is -0.725. The van der Waals surface area contributed by atoms with Crippen molar-refractivity contribution in [1.29, 1.82) is 0 Å². The third-order valence-electron chi connectivity index (χ3n) is 2.70. The van der Waals surface area contributed by atoms with Crippen molar-refractivity contribution in [3.05, 3.63) is 0 Å². The zero-order valence-corrected chi connectivity index (χ0v) is 9.93. The molecule has 1 spiro atoms. The lowest BCUT2D eigenvalue weighted by atomic mass is 10.1. The summed E-state index contributed by atoms with van der Waals surface area (Å²) in [5.41, 5.74) is 5.10. The summed E-state index contributed by atoms with van der Waals surface area (Å²) in [7, 11) is 0. The summed E-state index contributed by atoms with van der Waals surface area (Å²) in [5, 5.41) is 3.38. The predicted molar refractivity (Wildman–Crippen MR) is 59.6 cm³/mol. The van der Waals surface area contributed by atoms with Crippen LogP contribution in [-0.4, -0.2) is 24.8 Å². The van der Waals surface area contributed by atoms with Crippen LogP contribution in [0.5, 0.6) is 0 Å². The first kappa shape index (κ1) is 12.3. The second-order valence-electron chi connectivity index (χ2n) is 5.46. The van der Waals surface area contributed by atoms with Crippen molar-refractivity contribution in [2.45, 2.75) is 45.6 Å². The normalized spacial score (nSPS) is 21.8. The van der Waals surface area contributed by atoms with Crippen molar-refractivity contribution in [1.82, 2.24) is 5.32 Å². The second-order valence-corrected chi connectivity index (χ2v) is 5.46. The van der Waals surface area contributed by atoms with Crippen LogP contribution < -0.4 is 11.1 Å². The molecule has 15 heavy (non-hydrogen) atoms. The third-order valence-corrected chi connectivity index (χ3v) is 2.70. The highest BCUT2D eigenvalue weighted by Gasteiger charge is 2.44. The van der Waals surface area contributed by atoms with E-state index in [4.69, 9.17) is 5.73 Å². The Morgan fingerprint density at radius 1 is 1.33 bits per heavy atom. The van der Waals surface area contributed by atoms with Crippen LogP contribution in [0.15, 0.2) is 0 Å². The third kappa shape index (κ3) is 5.02. The number of ether oxygens (including phenoxy) is 1. The highest BCUT2D eigenvalue weighted by Crippen LogP contribution is 2.49. The van der Waals surface area contributed by atoms with E-state index in [1.54, 1.807) is 20.8 Å². The summed E-state index contributed by atoms with van der Waals surface area (Å²) >= 11 is 0. The minimum Gasteiger partial charge on any atom is -0.444 e. The summed E-state index contributed by atoms with van der Waals surface area (Å²) in [6.07, 6.45) is 3.73. The Morgan fingerprint density at radius 2 is 1.93 bits per heavy atom. The molecule has 4 nitrogen and oxygen atoms in total. The van der Waals surface area contributed by atoms with Gasteiger partial charge in [0.25, 0.3) is 0 Å². The van der Waals surface area contributed by atoms with E-state index in [0.717, 1.165) is 5.41 Å². The number of hydrogen-bond donors (Lipinski definition) is 2. The first-order valence-corrected chi connectivity index (χ1v) is 5.52. The predicted octanol–water partition coefficient (Wildman–Crippen LogP) is 1.64. The molecular formula is C11H22N2O2. The maximum Gasteiger partial charge on any atom is 0.405 e. The van der Waals surface area contributed by atoms with Gasteiger partial charge in [-0.1, -0.05) is 0 Å². The topological polar surface area (TPSA) is 64.3 Å². The molecule has 0 radical (unpaired) electrons. The highest BCUT2D eigenvalue weighted by atomic mass is 16.6. The van der Waals surface area contributed by atoms with E-state index in [9.17, 15) is 4.79 Å². The van der Waals surface area contributed by atoms with Crippen molar-refractivity contribution in [3.63, 3.8) is 0 Å². The van der Waals surface area contributed by atoms with Crippen molar-refractivity contribution in [2.75, 3.05) is 13.1 Å². The van der Waals surface area contributed by atoms with Crippen molar-refractivity contribution in [2.24, 2.45) is 11.1 Å². The van der Waals surface area contributed by atoms with Crippen LogP contribution in [0.3, 0.4) is 0 Å². The maximum atomic E-state index is 10.0. The average Bonchev–Trinajstić information content (AvgIpc) is 2.54. The molecule has 0 aromatic rings. The Hall–Kier alpha value is -0.770. The fourth-order valence-electron chi connectivity index (χ4n) is 1.70. The first-order valence-electron chi connectivity index (χ1n) is 5.52. The van der Waals surface area contributed by atoms with Gasteiger partial charge in [0.1, 0.15) is 5.60 Å². The van der Waals surface area contributed by atoms with E-state index in [2.05, 4.69) is 10.1 Å².